The predicted molar refractivity (Wildman–Crippen MR) is 65.3 cm³/mol. The fourth-order valence-corrected chi connectivity index (χ4v) is 2.40. The van der Waals surface area contributed by atoms with Crippen molar-refractivity contribution in [3.8, 4) is 0 Å². The summed E-state index contributed by atoms with van der Waals surface area (Å²) in [7, 11) is 0. The van der Waals surface area contributed by atoms with E-state index in [4.69, 9.17) is 5.73 Å². The number of fused-ring (bicyclic) bond motifs is 1. The Labute approximate surface area is 91.9 Å². The molecule has 2 heteroatoms. The van der Waals surface area contributed by atoms with Crippen molar-refractivity contribution in [1.29, 1.82) is 0 Å². The molecular formula is C13H20N2. The van der Waals surface area contributed by atoms with E-state index in [9.17, 15) is 0 Å². The summed E-state index contributed by atoms with van der Waals surface area (Å²) in [5, 5.41) is 3.63. The van der Waals surface area contributed by atoms with Gasteiger partial charge in [0.15, 0.2) is 0 Å². The zero-order valence-corrected chi connectivity index (χ0v) is 9.64. The summed E-state index contributed by atoms with van der Waals surface area (Å²) >= 11 is 0. The molecule has 0 radical (unpaired) electrons. The fourth-order valence-electron chi connectivity index (χ4n) is 2.40. The van der Waals surface area contributed by atoms with Crippen LogP contribution in [-0.2, 0) is 6.42 Å². The quantitative estimate of drug-likeness (QED) is 0.776. The van der Waals surface area contributed by atoms with Crippen LogP contribution in [0.5, 0.6) is 0 Å². The standard InChI is InChI=1S/C13H20N2/c1-9-3-4-10(2)13-12(9)6-5-11(15-13)7-8-14/h3-4,11,15H,5-8,14H2,1-2H3. The minimum absolute atomic E-state index is 0.572. The van der Waals surface area contributed by atoms with Gasteiger partial charge < -0.3 is 11.1 Å². The molecule has 0 spiro atoms. The summed E-state index contributed by atoms with van der Waals surface area (Å²) in [6.07, 6.45) is 3.49. The summed E-state index contributed by atoms with van der Waals surface area (Å²) in [5.41, 5.74) is 11.2. The second kappa shape index (κ2) is 4.23. The Bertz CT molecular complexity index is 358. The molecule has 1 aliphatic heterocycles. The highest BCUT2D eigenvalue weighted by atomic mass is 14.9. The molecule has 15 heavy (non-hydrogen) atoms. The van der Waals surface area contributed by atoms with Crippen LogP contribution in [0, 0.1) is 13.8 Å². The minimum Gasteiger partial charge on any atom is -0.382 e. The molecule has 0 saturated heterocycles. The number of hydrogen-bond donors (Lipinski definition) is 2. The highest BCUT2D eigenvalue weighted by Crippen LogP contribution is 2.31. The van der Waals surface area contributed by atoms with Gasteiger partial charge in [-0.15, -0.1) is 0 Å². The number of anilines is 1. The van der Waals surface area contributed by atoms with Gasteiger partial charge in [0, 0.05) is 11.7 Å². The molecule has 0 saturated carbocycles. The highest BCUT2D eigenvalue weighted by Gasteiger charge is 2.19. The van der Waals surface area contributed by atoms with Gasteiger partial charge >= 0.3 is 0 Å². The zero-order chi connectivity index (χ0) is 10.8. The summed E-state index contributed by atoms with van der Waals surface area (Å²) < 4.78 is 0. The Balaban J connectivity index is 2.28. The Morgan fingerprint density at radius 2 is 2.07 bits per heavy atom. The monoisotopic (exact) mass is 204 g/mol. The van der Waals surface area contributed by atoms with E-state index in [-0.39, 0.29) is 0 Å². The van der Waals surface area contributed by atoms with E-state index >= 15 is 0 Å². The predicted octanol–water partition coefficient (Wildman–Crippen LogP) is 2.38. The number of nitrogens with one attached hydrogen (secondary N) is 1. The van der Waals surface area contributed by atoms with Crippen molar-refractivity contribution >= 4 is 5.69 Å². The van der Waals surface area contributed by atoms with Gasteiger partial charge in [0.05, 0.1) is 0 Å². The molecule has 1 aromatic rings. The maximum atomic E-state index is 5.61. The average Bonchev–Trinajstić information content (AvgIpc) is 2.24. The molecule has 1 aliphatic rings. The molecule has 1 unspecified atom stereocenters. The molecule has 1 heterocycles. The molecule has 0 aromatic heterocycles. The van der Waals surface area contributed by atoms with Gasteiger partial charge in [-0.3, -0.25) is 0 Å². The molecule has 0 amide bonds. The normalized spacial score (nSPS) is 19.5. The van der Waals surface area contributed by atoms with Crippen LogP contribution in [0.1, 0.15) is 29.5 Å². The van der Waals surface area contributed by atoms with E-state index in [1.165, 1.54) is 35.2 Å². The van der Waals surface area contributed by atoms with E-state index in [1.807, 2.05) is 0 Å². The summed E-state index contributed by atoms with van der Waals surface area (Å²) in [6.45, 7) is 5.15. The van der Waals surface area contributed by atoms with Gasteiger partial charge in [0.2, 0.25) is 0 Å². The minimum atomic E-state index is 0.572. The summed E-state index contributed by atoms with van der Waals surface area (Å²) in [4.78, 5) is 0. The lowest BCUT2D eigenvalue weighted by atomic mass is 9.91. The van der Waals surface area contributed by atoms with E-state index < -0.39 is 0 Å². The lowest BCUT2D eigenvalue weighted by Crippen LogP contribution is -2.28. The lowest BCUT2D eigenvalue weighted by Gasteiger charge is -2.29. The van der Waals surface area contributed by atoms with Crippen LogP contribution in [0.25, 0.3) is 0 Å². The first-order chi connectivity index (χ1) is 7.22. The third kappa shape index (κ3) is 2.00. The molecule has 1 aromatic carbocycles. The number of aryl methyl sites for hydroxylation is 2. The number of benzene rings is 1. The molecule has 3 N–H and O–H groups in total. The van der Waals surface area contributed by atoms with Crippen LogP contribution >= 0.6 is 0 Å². The molecular weight excluding hydrogens is 184 g/mol. The average molecular weight is 204 g/mol. The Hall–Kier alpha value is -1.02. The maximum absolute atomic E-state index is 5.61. The molecule has 2 nitrogen and oxygen atoms in total. The van der Waals surface area contributed by atoms with Crippen LogP contribution in [0.2, 0.25) is 0 Å². The lowest BCUT2D eigenvalue weighted by molar-refractivity contribution is 0.591. The molecule has 1 atom stereocenters. The molecule has 0 aliphatic carbocycles. The zero-order valence-electron chi connectivity index (χ0n) is 9.64. The van der Waals surface area contributed by atoms with Crippen molar-refractivity contribution in [2.45, 2.75) is 39.2 Å². The topological polar surface area (TPSA) is 38.0 Å². The van der Waals surface area contributed by atoms with Crippen LogP contribution in [0.3, 0.4) is 0 Å². The van der Waals surface area contributed by atoms with E-state index in [1.54, 1.807) is 0 Å². The number of hydrogen-bond acceptors (Lipinski definition) is 2. The summed E-state index contributed by atoms with van der Waals surface area (Å²) in [5.74, 6) is 0. The second-order valence-electron chi connectivity index (χ2n) is 4.51. The van der Waals surface area contributed by atoms with Gasteiger partial charge in [-0.05, 0) is 56.3 Å². The van der Waals surface area contributed by atoms with Gasteiger partial charge in [-0.1, -0.05) is 12.1 Å². The fraction of sp³-hybridized carbons (Fsp3) is 0.538. The van der Waals surface area contributed by atoms with Crippen molar-refractivity contribution in [3.05, 3.63) is 28.8 Å². The van der Waals surface area contributed by atoms with E-state index in [0.717, 1.165) is 13.0 Å². The third-order valence-electron chi connectivity index (χ3n) is 3.36. The first-order valence-electron chi connectivity index (χ1n) is 5.78. The van der Waals surface area contributed by atoms with Crippen molar-refractivity contribution in [1.82, 2.24) is 0 Å². The van der Waals surface area contributed by atoms with Crippen molar-refractivity contribution in [2.75, 3.05) is 11.9 Å². The molecule has 82 valence electrons. The first kappa shape index (κ1) is 10.5. The second-order valence-corrected chi connectivity index (χ2v) is 4.51. The maximum Gasteiger partial charge on any atom is 0.0407 e. The van der Waals surface area contributed by atoms with Crippen LogP contribution in [0.4, 0.5) is 5.69 Å². The molecule has 0 fully saturated rings. The largest absolute Gasteiger partial charge is 0.382 e. The van der Waals surface area contributed by atoms with Crippen LogP contribution in [-0.4, -0.2) is 12.6 Å². The summed E-state index contributed by atoms with van der Waals surface area (Å²) in [6, 6.07) is 4.99. The van der Waals surface area contributed by atoms with Crippen LogP contribution in [0.15, 0.2) is 12.1 Å². The first-order valence-corrected chi connectivity index (χ1v) is 5.78. The van der Waals surface area contributed by atoms with E-state index in [0.29, 0.717) is 6.04 Å². The van der Waals surface area contributed by atoms with E-state index in [2.05, 4.69) is 31.3 Å². The Kier molecular flexibility index (Phi) is 2.96. The van der Waals surface area contributed by atoms with Gasteiger partial charge in [0.25, 0.3) is 0 Å². The molecule has 0 bridgehead atoms. The van der Waals surface area contributed by atoms with Crippen molar-refractivity contribution in [3.63, 3.8) is 0 Å². The third-order valence-corrected chi connectivity index (χ3v) is 3.36. The van der Waals surface area contributed by atoms with Crippen molar-refractivity contribution in [2.24, 2.45) is 5.73 Å². The number of nitrogens with two attached hydrogens (primary N) is 1. The highest BCUT2D eigenvalue weighted by molar-refractivity contribution is 5.62. The van der Waals surface area contributed by atoms with Gasteiger partial charge in [-0.25, -0.2) is 0 Å². The Morgan fingerprint density at radius 1 is 1.33 bits per heavy atom. The Morgan fingerprint density at radius 3 is 2.80 bits per heavy atom. The molecule has 2 rings (SSSR count). The smallest absolute Gasteiger partial charge is 0.0407 e. The van der Waals surface area contributed by atoms with Crippen LogP contribution < -0.4 is 11.1 Å². The number of rotatable bonds is 2. The SMILES string of the molecule is Cc1ccc(C)c2c1CCC(CCN)N2. The van der Waals surface area contributed by atoms with Gasteiger partial charge in [0.1, 0.15) is 0 Å². The van der Waals surface area contributed by atoms with Gasteiger partial charge in [-0.2, -0.15) is 0 Å². The van der Waals surface area contributed by atoms with Crippen molar-refractivity contribution < 1.29 is 0 Å².